The molecule has 1 heterocycles. The minimum atomic E-state index is -2.89. The highest BCUT2D eigenvalue weighted by Gasteiger charge is 2.32. The molecular weight excluding hydrogens is 224 g/mol. The van der Waals surface area contributed by atoms with Crippen molar-refractivity contribution in [3.8, 4) is 0 Å². The molecule has 0 amide bonds. The van der Waals surface area contributed by atoms with E-state index in [0.29, 0.717) is 18.9 Å². The summed E-state index contributed by atoms with van der Waals surface area (Å²) < 4.78 is 27.5. The van der Waals surface area contributed by atoms with Gasteiger partial charge in [0.05, 0.1) is 12.4 Å². The van der Waals surface area contributed by atoms with Crippen LogP contribution in [-0.2, 0) is 14.6 Å². The first-order valence-corrected chi connectivity index (χ1v) is 7.38. The Hall–Kier alpha value is 0.200. The van der Waals surface area contributed by atoms with E-state index in [1.54, 1.807) is 0 Å². The molecule has 0 aromatic heterocycles. The third-order valence-corrected chi connectivity index (χ3v) is 4.20. The topological polar surface area (TPSA) is 43.4 Å². The third kappa shape index (κ3) is 3.75. The second-order valence-electron chi connectivity index (χ2n) is 4.17. The minimum Gasteiger partial charge on any atom is -0.381 e. The van der Waals surface area contributed by atoms with Gasteiger partial charge in [-0.25, -0.2) is 8.42 Å². The van der Waals surface area contributed by atoms with Crippen LogP contribution in [0.3, 0.4) is 0 Å². The average molecular weight is 241 g/mol. The van der Waals surface area contributed by atoms with Crippen LogP contribution >= 0.6 is 11.6 Å². The summed E-state index contributed by atoms with van der Waals surface area (Å²) in [7, 11) is -2.89. The lowest BCUT2D eigenvalue weighted by atomic mass is 9.82. The molecule has 0 radical (unpaired) electrons. The Morgan fingerprint density at radius 1 is 1.50 bits per heavy atom. The molecule has 0 spiro atoms. The molecule has 1 aliphatic heterocycles. The molecule has 0 saturated carbocycles. The van der Waals surface area contributed by atoms with Crippen LogP contribution in [0.1, 0.15) is 19.3 Å². The normalized spacial score (nSPS) is 29.0. The van der Waals surface area contributed by atoms with Crippen LogP contribution in [0.4, 0.5) is 0 Å². The molecule has 1 atom stereocenters. The molecular formula is C9H17ClO3S. The fraction of sp³-hybridized carbons (Fsp3) is 1.00. The van der Waals surface area contributed by atoms with E-state index >= 15 is 0 Å². The number of hydrogen-bond donors (Lipinski definition) is 0. The second kappa shape index (κ2) is 4.81. The van der Waals surface area contributed by atoms with Crippen molar-refractivity contribution >= 4 is 21.4 Å². The van der Waals surface area contributed by atoms with E-state index in [1.807, 2.05) is 0 Å². The third-order valence-electron chi connectivity index (χ3n) is 2.69. The molecule has 1 aliphatic rings. The van der Waals surface area contributed by atoms with E-state index in [0.717, 1.165) is 19.4 Å². The van der Waals surface area contributed by atoms with Crippen molar-refractivity contribution in [1.82, 2.24) is 0 Å². The summed E-state index contributed by atoms with van der Waals surface area (Å²) >= 11 is 5.89. The van der Waals surface area contributed by atoms with Gasteiger partial charge in [-0.1, -0.05) is 0 Å². The highest BCUT2D eigenvalue weighted by molar-refractivity contribution is 7.90. The van der Waals surface area contributed by atoms with E-state index in [2.05, 4.69) is 0 Å². The largest absolute Gasteiger partial charge is 0.381 e. The summed E-state index contributed by atoms with van der Waals surface area (Å²) in [5, 5.41) is 0. The molecule has 3 nitrogen and oxygen atoms in total. The molecule has 0 bridgehead atoms. The van der Waals surface area contributed by atoms with Crippen LogP contribution in [-0.4, -0.2) is 39.5 Å². The highest BCUT2D eigenvalue weighted by Crippen LogP contribution is 2.33. The van der Waals surface area contributed by atoms with Gasteiger partial charge in [-0.05, 0) is 19.3 Å². The number of rotatable bonds is 4. The quantitative estimate of drug-likeness (QED) is 0.699. The molecule has 0 aromatic carbocycles. The van der Waals surface area contributed by atoms with Crippen LogP contribution < -0.4 is 0 Å². The summed E-state index contributed by atoms with van der Waals surface area (Å²) in [6, 6.07) is 0. The van der Waals surface area contributed by atoms with E-state index in [9.17, 15) is 8.42 Å². The fourth-order valence-corrected chi connectivity index (χ4v) is 2.83. The lowest BCUT2D eigenvalue weighted by molar-refractivity contribution is 0.00307. The summed E-state index contributed by atoms with van der Waals surface area (Å²) in [5.74, 6) is 0.700. The van der Waals surface area contributed by atoms with Crippen molar-refractivity contribution in [3.05, 3.63) is 0 Å². The Balaban J connectivity index is 2.52. The van der Waals surface area contributed by atoms with Crippen molar-refractivity contribution in [2.24, 2.45) is 5.41 Å². The van der Waals surface area contributed by atoms with Crippen molar-refractivity contribution < 1.29 is 13.2 Å². The van der Waals surface area contributed by atoms with E-state index in [1.165, 1.54) is 6.26 Å². The molecule has 0 aliphatic carbocycles. The molecule has 1 unspecified atom stereocenters. The Morgan fingerprint density at radius 2 is 2.21 bits per heavy atom. The van der Waals surface area contributed by atoms with Crippen LogP contribution in [0.5, 0.6) is 0 Å². The first-order valence-electron chi connectivity index (χ1n) is 4.79. The number of sulfone groups is 1. The van der Waals surface area contributed by atoms with Gasteiger partial charge in [0.2, 0.25) is 0 Å². The zero-order valence-electron chi connectivity index (χ0n) is 8.46. The molecule has 1 rings (SSSR count). The molecule has 84 valence electrons. The van der Waals surface area contributed by atoms with Gasteiger partial charge in [0.25, 0.3) is 0 Å². The van der Waals surface area contributed by atoms with Gasteiger partial charge in [-0.3, -0.25) is 0 Å². The zero-order chi connectivity index (χ0) is 10.7. The van der Waals surface area contributed by atoms with Crippen molar-refractivity contribution in [1.29, 1.82) is 0 Å². The smallest absolute Gasteiger partial charge is 0.147 e. The number of ether oxygens (including phenoxy) is 1. The van der Waals surface area contributed by atoms with Gasteiger partial charge in [-0.2, -0.15) is 0 Å². The highest BCUT2D eigenvalue weighted by atomic mass is 35.5. The van der Waals surface area contributed by atoms with Gasteiger partial charge in [-0.15, -0.1) is 11.6 Å². The summed E-state index contributed by atoms with van der Waals surface area (Å²) in [6.45, 7) is 1.38. The Labute approximate surface area is 90.7 Å². The van der Waals surface area contributed by atoms with E-state index < -0.39 is 9.84 Å². The van der Waals surface area contributed by atoms with Crippen molar-refractivity contribution in [2.75, 3.05) is 31.1 Å². The monoisotopic (exact) mass is 240 g/mol. The lowest BCUT2D eigenvalue weighted by Gasteiger charge is -2.35. The molecule has 1 fully saturated rings. The summed E-state index contributed by atoms with van der Waals surface area (Å²) in [5.41, 5.74) is -0.108. The number of hydrogen-bond acceptors (Lipinski definition) is 3. The van der Waals surface area contributed by atoms with Gasteiger partial charge < -0.3 is 4.74 Å². The molecule has 0 N–H and O–H groups in total. The molecule has 0 aromatic rings. The van der Waals surface area contributed by atoms with Crippen LogP contribution in [0, 0.1) is 5.41 Å². The average Bonchev–Trinajstić information content (AvgIpc) is 2.15. The number of alkyl halides is 1. The zero-order valence-corrected chi connectivity index (χ0v) is 10.0. The minimum absolute atomic E-state index is 0.108. The maximum atomic E-state index is 11.0. The summed E-state index contributed by atoms with van der Waals surface area (Å²) in [6.07, 6.45) is 3.84. The Morgan fingerprint density at radius 3 is 2.64 bits per heavy atom. The first-order chi connectivity index (χ1) is 6.47. The second-order valence-corrected chi connectivity index (χ2v) is 6.70. The molecule has 14 heavy (non-hydrogen) atoms. The van der Waals surface area contributed by atoms with Crippen LogP contribution in [0.15, 0.2) is 0 Å². The maximum Gasteiger partial charge on any atom is 0.147 e. The Bertz CT molecular complexity index is 268. The van der Waals surface area contributed by atoms with Crippen molar-refractivity contribution in [2.45, 2.75) is 19.3 Å². The van der Waals surface area contributed by atoms with Gasteiger partial charge in [0.1, 0.15) is 9.84 Å². The first kappa shape index (κ1) is 12.3. The van der Waals surface area contributed by atoms with Gasteiger partial charge >= 0.3 is 0 Å². The standard InChI is InChI=1S/C9H17ClO3S/c1-14(11,12)6-4-9(7-10)3-2-5-13-8-9/h2-8H2,1H3. The Kier molecular flexibility index (Phi) is 4.22. The lowest BCUT2D eigenvalue weighted by Crippen LogP contribution is -2.35. The summed E-state index contributed by atoms with van der Waals surface area (Å²) in [4.78, 5) is 0. The maximum absolute atomic E-state index is 11.0. The SMILES string of the molecule is CS(=O)(=O)CCC1(CCl)CCCOC1. The van der Waals surface area contributed by atoms with Crippen LogP contribution in [0.25, 0.3) is 0 Å². The van der Waals surface area contributed by atoms with E-state index in [4.69, 9.17) is 16.3 Å². The van der Waals surface area contributed by atoms with Gasteiger partial charge in [0, 0.05) is 24.2 Å². The number of halogens is 1. The molecule has 5 heteroatoms. The molecule has 1 saturated heterocycles. The fourth-order valence-electron chi connectivity index (χ4n) is 1.68. The van der Waals surface area contributed by atoms with Gasteiger partial charge in [0.15, 0.2) is 0 Å². The predicted molar refractivity (Wildman–Crippen MR) is 57.5 cm³/mol. The van der Waals surface area contributed by atoms with Crippen LogP contribution in [0.2, 0.25) is 0 Å². The van der Waals surface area contributed by atoms with E-state index in [-0.39, 0.29) is 11.2 Å². The predicted octanol–water partition coefficient (Wildman–Crippen LogP) is 1.46. The van der Waals surface area contributed by atoms with Crippen molar-refractivity contribution in [3.63, 3.8) is 0 Å².